The molecule has 21 heavy (non-hydrogen) atoms. The van der Waals surface area contributed by atoms with Crippen molar-refractivity contribution in [1.82, 2.24) is 0 Å². The van der Waals surface area contributed by atoms with Crippen molar-refractivity contribution in [2.45, 2.75) is 38.6 Å². The van der Waals surface area contributed by atoms with Gasteiger partial charge in [-0.15, -0.1) is 0 Å². The first-order valence-electron chi connectivity index (χ1n) is 6.05. The second-order valence-electron chi connectivity index (χ2n) is 5.42. The zero-order valence-corrected chi connectivity index (χ0v) is 11.8. The van der Waals surface area contributed by atoms with Crippen molar-refractivity contribution < 1.29 is 27.8 Å². The summed E-state index contributed by atoms with van der Waals surface area (Å²) in [6, 6.07) is 0.777. The highest BCUT2D eigenvalue weighted by atomic mass is 19.4. The Hall–Kier alpha value is -1.96. The van der Waals surface area contributed by atoms with Gasteiger partial charge < -0.3 is 15.6 Å². The van der Waals surface area contributed by atoms with E-state index in [4.69, 9.17) is 10.5 Å². The van der Waals surface area contributed by atoms with E-state index in [1.54, 1.807) is 20.8 Å². The zero-order valence-electron chi connectivity index (χ0n) is 11.8. The molecule has 0 bridgehead atoms. The molecule has 0 saturated heterocycles. The highest BCUT2D eigenvalue weighted by Gasteiger charge is 2.39. The van der Waals surface area contributed by atoms with E-state index in [9.17, 15) is 23.1 Å². The lowest BCUT2D eigenvalue weighted by atomic mass is 10.0. The second kappa shape index (κ2) is 5.80. The Morgan fingerprint density at radius 2 is 1.90 bits per heavy atom. The van der Waals surface area contributed by atoms with Gasteiger partial charge in [-0.1, -0.05) is 0 Å². The molecule has 1 atom stereocenters. The summed E-state index contributed by atoms with van der Waals surface area (Å²) in [6.45, 7) is 4.85. The fourth-order valence-electron chi connectivity index (χ4n) is 1.51. The second-order valence-corrected chi connectivity index (χ2v) is 5.42. The minimum atomic E-state index is -4.71. The van der Waals surface area contributed by atoms with E-state index in [1.807, 2.05) is 0 Å². The maximum absolute atomic E-state index is 12.7. The Labute approximate surface area is 119 Å². The summed E-state index contributed by atoms with van der Waals surface area (Å²) >= 11 is 0. The summed E-state index contributed by atoms with van der Waals surface area (Å²) in [4.78, 5) is 11.6. The van der Waals surface area contributed by atoms with E-state index in [2.05, 4.69) is 5.32 Å². The van der Waals surface area contributed by atoms with E-state index < -0.39 is 29.5 Å². The van der Waals surface area contributed by atoms with Gasteiger partial charge in [0.05, 0.1) is 0 Å². The van der Waals surface area contributed by atoms with Crippen LogP contribution in [0.5, 0.6) is 5.75 Å². The Morgan fingerprint density at radius 3 is 2.38 bits per heavy atom. The first-order valence-corrected chi connectivity index (χ1v) is 6.05. The molecule has 0 fully saturated rings. The van der Waals surface area contributed by atoms with Gasteiger partial charge in [-0.3, -0.25) is 5.32 Å². The van der Waals surface area contributed by atoms with Crippen molar-refractivity contribution in [1.29, 1.82) is 0 Å². The lowest BCUT2D eigenvalue weighted by molar-refractivity contribution is -0.149. The SMILES string of the molecule is CC(C)(C)OC(=O)Nc1ccc(O)cc1C(N)C(F)(F)F. The number of nitrogens with two attached hydrogens (primary N) is 1. The van der Waals surface area contributed by atoms with Crippen molar-refractivity contribution >= 4 is 11.8 Å². The van der Waals surface area contributed by atoms with Crippen molar-refractivity contribution in [3.63, 3.8) is 0 Å². The number of hydrogen-bond donors (Lipinski definition) is 3. The standard InChI is InChI=1S/C13H17F3N2O3/c1-12(2,3)21-11(20)18-9-5-4-7(19)6-8(9)10(17)13(14,15)16/h4-6,10,19H,17H2,1-3H3,(H,18,20). The lowest BCUT2D eigenvalue weighted by Crippen LogP contribution is -2.31. The summed E-state index contributed by atoms with van der Waals surface area (Å²) in [5, 5.41) is 11.5. The van der Waals surface area contributed by atoms with Gasteiger partial charge in [-0.25, -0.2) is 4.79 Å². The van der Waals surface area contributed by atoms with Gasteiger partial charge in [0, 0.05) is 11.3 Å². The van der Waals surface area contributed by atoms with Crippen LogP contribution in [0.3, 0.4) is 0 Å². The van der Waals surface area contributed by atoms with Gasteiger partial charge in [0.25, 0.3) is 0 Å². The van der Waals surface area contributed by atoms with Crippen LogP contribution in [-0.4, -0.2) is 23.0 Å². The molecule has 0 heterocycles. The summed E-state index contributed by atoms with van der Waals surface area (Å²) in [6.07, 6.45) is -5.62. The number of aromatic hydroxyl groups is 1. The topological polar surface area (TPSA) is 84.6 Å². The third-order valence-electron chi connectivity index (χ3n) is 2.36. The Balaban J connectivity index is 3.05. The van der Waals surface area contributed by atoms with E-state index in [1.165, 1.54) is 0 Å². The molecule has 118 valence electrons. The van der Waals surface area contributed by atoms with Crippen LogP contribution >= 0.6 is 0 Å². The highest BCUT2D eigenvalue weighted by molar-refractivity contribution is 5.86. The van der Waals surface area contributed by atoms with E-state index in [0.717, 1.165) is 18.2 Å². The first-order chi connectivity index (χ1) is 9.40. The van der Waals surface area contributed by atoms with Crippen LogP contribution in [-0.2, 0) is 4.74 Å². The van der Waals surface area contributed by atoms with Crippen LogP contribution in [0.4, 0.5) is 23.7 Å². The fourth-order valence-corrected chi connectivity index (χ4v) is 1.51. The fraction of sp³-hybridized carbons (Fsp3) is 0.462. The monoisotopic (exact) mass is 306 g/mol. The van der Waals surface area contributed by atoms with E-state index in [0.29, 0.717) is 0 Å². The molecule has 0 aliphatic carbocycles. The minimum absolute atomic E-state index is 0.174. The Bertz CT molecular complexity index is 524. The number of hydrogen-bond acceptors (Lipinski definition) is 4. The number of carbonyl (C=O) groups excluding carboxylic acids is 1. The molecule has 0 saturated carbocycles. The van der Waals surface area contributed by atoms with Gasteiger partial charge in [0.15, 0.2) is 0 Å². The van der Waals surface area contributed by atoms with Crippen LogP contribution in [0.15, 0.2) is 18.2 Å². The van der Waals surface area contributed by atoms with E-state index in [-0.39, 0.29) is 11.4 Å². The lowest BCUT2D eigenvalue weighted by Gasteiger charge is -2.22. The Kier molecular flexibility index (Phi) is 4.72. The molecule has 5 nitrogen and oxygen atoms in total. The van der Waals surface area contributed by atoms with Crippen molar-refractivity contribution in [3.05, 3.63) is 23.8 Å². The predicted octanol–water partition coefficient (Wildman–Crippen LogP) is 3.30. The Morgan fingerprint density at radius 1 is 1.33 bits per heavy atom. The minimum Gasteiger partial charge on any atom is -0.508 e. The third kappa shape index (κ3) is 5.14. The number of anilines is 1. The maximum Gasteiger partial charge on any atom is 0.412 e. The molecule has 0 aliphatic rings. The van der Waals surface area contributed by atoms with Gasteiger partial charge in [0.2, 0.25) is 0 Å². The predicted molar refractivity (Wildman–Crippen MR) is 70.9 cm³/mol. The number of amides is 1. The molecule has 0 aromatic heterocycles. The normalized spacial score (nSPS) is 13.7. The molecule has 0 spiro atoms. The maximum atomic E-state index is 12.7. The largest absolute Gasteiger partial charge is 0.508 e. The van der Waals surface area contributed by atoms with Gasteiger partial charge in [0.1, 0.15) is 17.4 Å². The zero-order chi connectivity index (χ0) is 16.4. The first kappa shape index (κ1) is 17.1. The van der Waals surface area contributed by atoms with E-state index >= 15 is 0 Å². The van der Waals surface area contributed by atoms with Crippen molar-refractivity contribution in [2.75, 3.05) is 5.32 Å². The summed E-state index contributed by atoms with van der Waals surface area (Å²) < 4.78 is 43.1. The van der Waals surface area contributed by atoms with Crippen molar-refractivity contribution in [3.8, 4) is 5.75 Å². The highest BCUT2D eigenvalue weighted by Crippen LogP contribution is 2.36. The number of alkyl halides is 3. The number of rotatable bonds is 2. The molecule has 0 radical (unpaired) electrons. The van der Waals surface area contributed by atoms with Crippen LogP contribution in [0.2, 0.25) is 0 Å². The molecule has 0 aliphatic heterocycles. The molecule has 1 aromatic rings. The number of halogens is 3. The van der Waals surface area contributed by atoms with Gasteiger partial charge in [-0.05, 0) is 39.0 Å². The van der Waals surface area contributed by atoms with Crippen LogP contribution in [0, 0.1) is 0 Å². The van der Waals surface area contributed by atoms with Crippen LogP contribution < -0.4 is 11.1 Å². The molecule has 1 unspecified atom stereocenters. The number of ether oxygens (including phenoxy) is 1. The van der Waals surface area contributed by atoms with Crippen LogP contribution in [0.25, 0.3) is 0 Å². The smallest absolute Gasteiger partial charge is 0.412 e. The number of phenols is 1. The molecule has 4 N–H and O–H groups in total. The summed E-state index contributed by atoms with van der Waals surface area (Å²) in [5.41, 5.74) is 3.69. The van der Waals surface area contributed by atoms with Crippen LogP contribution in [0.1, 0.15) is 32.4 Å². The summed E-state index contributed by atoms with van der Waals surface area (Å²) in [5.74, 6) is -0.389. The molecule has 8 heteroatoms. The van der Waals surface area contributed by atoms with Gasteiger partial charge >= 0.3 is 12.3 Å². The molecule has 1 aromatic carbocycles. The van der Waals surface area contributed by atoms with Gasteiger partial charge in [-0.2, -0.15) is 13.2 Å². The number of carbonyl (C=O) groups is 1. The number of phenolic OH excluding ortho intramolecular Hbond substituents is 1. The molecular formula is C13H17F3N2O3. The number of benzene rings is 1. The van der Waals surface area contributed by atoms with Crippen molar-refractivity contribution in [2.24, 2.45) is 5.73 Å². The molecular weight excluding hydrogens is 289 g/mol. The average Bonchev–Trinajstić information content (AvgIpc) is 2.26. The average molecular weight is 306 g/mol. The quantitative estimate of drug-likeness (QED) is 0.732. The molecule has 1 rings (SSSR count). The molecule has 1 amide bonds. The summed E-state index contributed by atoms with van der Waals surface area (Å²) in [7, 11) is 0. The number of nitrogens with one attached hydrogen (secondary N) is 1. The third-order valence-corrected chi connectivity index (χ3v) is 2.36.